The number of phosphoric ester groups is 3. The number of nitrogens with one attached hydrogen (secondary N) is 2. The van der Waals surface area contributed by atoms with E-state index < -0.39 is 89.7 Å². The summed E-state index contributed by atoms with van der Waals surface area (Å²) < 4.78 is 62.0. The highest BCUT2D eigenvalue weighted by atomic mass is 32.2. The highest BCUT2D eigenvalue weighted by molar-refractivity contribution is 8.13. The second kappa shape index (κ2) is 21.9. The number of anilines is 1. The lowest BCUT2D eigenvalue weighted by Crippen LogP contribution is -2.46. The number of ether oxygens (including phenoxy) is 1. The van der Waals surface area contributed by atoms with Crippen molar-refractivity contribution in [2.24, 2.45) is 5.41 Å². The Labute approximate surface area is 339 Å². The Balaban J connectivity index is 1.44. The summed E-state index contributed by atoms with van der Waals surface area (Å²) >= 11 is 0.841. The first-order valence-electron chi connectivity index (χ1n) is 17.1. The van der Waals surface area contributed by atoms with Gasteiger partial charge in [-0.1, -0.05) is 37.8 Å². The van der Waals surface area contributed by atoms with Gasteiger partial charge in [0.2, 0.25) is 11.8 Å². The number of aldehydes is 1. The van der Waals surface area contributed by atoms with E-state index in [-0.39, 0.29) is 67.3 Å². The summed E-state index contributed by atoms with van der Waals surface area (Å²) in [4.78, 5) is 110. The largest absolute Gasteiger partial charge is 0.481 e. The zero-order valence-corrected chi connectivity index (χ0v) is 34.7. The maximum Gasteiger partial charge on any atom is 0.481 e. The predicted octanol–water partition coefficient (Wildman–Crippen LogP) is -0.841. The van der Waals surface area contributed by atoms with Crippen molar-refractivity contribution in [3.05, 3.63) is 24.8 Å². The predicted molar refractivity (Wildman–Crippen MR) is 201 cm³/mol. The number of carbonyl (C=O) groups excluding carboxylic acids is 5. The zero-order valence-electron chi connectivity index (χ0n) is 31.2. The molecule has 0 saturated carbocycles. The van der Waals surface area contributed by atoms with Crippen molar-refractivity contribution in [3.8, 4) is 0 Å². The topological polar surface area (TPSA) is 398 Å². The number of hydrogen-bond donors (Lipinski definition) is 9. The fourth-order valence-corrected chi connectivity index (χ4v) is 8.47. The molecule has 1 aliphatic rings. The van der Waals surface area contributed by atoms with Gasteiger partial charge in [0.1, 0.15) is 48.3 Å². The molecular weight excluding hydrogens is 875 g/mol. The Bertz CT molecular complexity index is 2000. The number of allylic oxidation sites excluding steroid dienone is 2. The molecule has 0 radical (unpaired) electrons. The lowest BCUT2D eigenvalue weighted by Gasteiger charge is -2.30. The minimum Gasteiger partial charge on any atom is -0.386 e. The number of hydrogen-bond acceptors (Lipinski definition) is 20. The molecule has 0 aliphatic carbocycles. The van der Waals surface area contributed by atoms with Gasteiger partial charge in [0.15, 0.2) is 22.8 Å². The van der Waals surface area contributed by atoms with E-state index >= 15 is 0 Å². The van der Waals surface area contributed by atoms with Gasteiger partial charge < -0.3 is 55.7 Å². The first-order chi connectivity index (χ1) is 27.4. The molecule has 1 saturated heterocycles. The van der Waals surface area contributed by atoms with Gasteiger partial charge in [-0.2, -0.15) is 4.31 Å². The van der Waals surface area contributed by atoms with E-state index in [1.807, 2.05) is 0 Å². The number of ketones is 1. The molecule has 2 amide bonds. The van der Waals surface area contributed by atoms with Gasteiger partial charge in [-0.05, 0) is 0 Å². The lowest BCUT2D eigenvalue weighted by molar-refractivity contribution is -0.137. The monoisotopic (exact) mass is 919 g/mol. The third-order valence-electron chi connectivity index (χ3n) is 7.85. The number of aliphatic hydroxyl groups is 2. The molecule has 1 aliphatic heterocycles. The number of nitrogen functional groups attached to an aromatic ring is 1. The van der Waals surface area contributed by atoms with Crippen LogP contribution in [0.4, 0.5) is 5.82 Å². The van der Waals surface area contributed by atoms with Gasteiger partial charge in [0.25, 0.3) is 0 Å². The van der Waals surface area contributed by atoms with E-state index in [2.05, 4.69) is 34.4 Å². The van der Waals surface area contributed by atoms with Crippen molar-refractivity contribution < 1.29 is 90.1 Å². The number of amides is 2. The van der Waals surface area contributed by atoms with Crippen LogP contribution in [0, 0.1) is 5.41 Å². The number of thioether (sulfide) groups is 1. The Hall–Kier alpha value is -3.36. The van der Waals surface area contributed by atoms with Gasteiger partial charge in [0, 0.05) is 43.5 Å². The fraction of sp³-hybridized carbons (Fsp3) is 0.586. The smallest absolute Gasteiger partial charge is 0.386 e. The van der Waals surface area contributed by atoms with Gasteiger partial charge in [-0.15, -0.1) is 0 Å². The van der Waals surface area contributed by atoms with Crippen LogP contribution in [-0.4, -0.2) is 135 Å². The van der Waals surface area contributed by atoms with E-state index in [4.69, 9.17) is 19.5 Å². The quantitative estimate of drug-likeness (QED) is 0.0193. The number of imidazole rings is 1. The Kier molecular flexibility index (Phi) is 18.6. The maximum absolute atomic E-state index is 12.7. The molecule has 330 valence electrons. The van der Waals surface area contributed by atoms with E-state index in [1.165, 1.54) is 26.0 Å². The molecule has 3 rings (SSSR count). The van der Waals surface area contributed by atoms with Gasteiger partial charge in [-0.25, -0.2) is 28.6 Å². The van der Waals surface area contributed by atoms with Crippen LogP contribution in [0.5, 0.6) is 0 Å². The minimum atomic E-state index is -5.59. The van der Waals surface area contributed by atoms with Crippen LogP contribution in [0.1, 0.15) is 45.8 Å². The molecule has 30 heteroatoms. The molecule has 0 aromatic carbocycles. The number of fused-ring (bicyclic) bond motifs is 1. The molecule has 0 spiro atoms. The fourth-order valence-electron chi connectivity index (χ4n) is 4.95. The zero-order chi connectivity index (χ0) is 44.2. The van der Waals surface area contributed by atoms with Crippen molar-refractivity contribution in [1.82, 2.24) is 30.2 Å². The van der Waals surface area contributed by atoms with E-state index in [1.54, 1.807) is 0 Å². The average Bonchev–Trinajstić information content (AvgIpc) is 3.70. The molecule has 2 aromatic heterocycles. The summed E-state index contributed by atoms with van der Waals surface area (Å²) in [5.41, 5.74) is 4.20. The SMILES string of the molecule is CC(C)(COP(=O)(O)OP(=O)(O)OC[C@H]1O[C@@H](n2cnc3c(N)ncnc32)[C@H](O)[C@@H]1OP(=O)(O)O)[C@@H](O)C(=O)NCCC(=O)NCCSC(=O)CC(=O)C/C=C/CC=O. The van der Waals surface area contributed by atoms with Gasteiger partial charge >= 0.3 is 23.5 Å². The van der Waals surface area contributed by atoms with Crippen LogP contribution >= 0.6 is 35.2 Å². The molecular formula is C29H44N7O19P3S. The molecule has 59 heavy (non-hydrogen) atoms. The third kappa shape index (κ3) is 16.2. The van der Waals surface area contributed by atoms with Gasteiger partial charge in [-0.3, -0.25) is 37.3 Å². The van der Waals surface area contributed by atoms with Crippen LogP contribution in [0.3, 0.4) is 0 Å². The highest BCUT2D eigenvalue weighted by Crippen LogP contribution is 2.61. The van der Waals surface area contributed by atoms with Crippen LogP contribution in [-0.2, 0) is 60.3 Å². The first kappa shape index (κ1) is 50.0. The number of aromatic nitrogens is 4. The molecule has 2 unspecified atom stereocenters. The summed E-state index contributed by atoms with van der Waals surface area (Å²) in [6, 6.07) is 0. The van der Waals surface area contributed by atoms with Crippen molar-refractivity contribution >= 4 is 81.2 Å². The minimum absolute atomic E-state index is 0.0140. The van der Waals surface area contributed by atoms with Crippen LogP contribution in [0.15, 0.2) is 24.8 Å². The molecule has 0 bridgehead atoms. The summed E-state index contributed by atoms with van der Waals surface area (Å²) in [5, 5.41) is 25.8. The van der Waals surface area contributed by atoms with Crippen LogP contribution in [0.25, 0.3) is 11.2 Å². The molecule has 7 atom stereocenters. The number of phosphoric acid groups is 3. The van der Waals surface area contributed by atoms with E-state index in [9.17, 15) is 67.5 Å². The number of Topliss-reactive ketones (excluding diaryl/α,β-unsaturated/α-hetero) is 1. The molecule has 10 N–H and O–H groups in total. The van der Waals surface area contributed by atoms with Crippen molar-refractivity contribution in [3.63, 3.8) is 0 Å². The molecule has 2 aromatic rings. The first-order valence-corrected chi connectivity index (χ1v) is 22.6. The van der Waals surface area contributed by atoms with Crippen molar-refractivity contribution in [1.29, 1.82) is 0 Å². The number of nitrogens with two attached hydrogens (primary N) is 1. The lowest BCUT2D eigenvalue weighted by atomic mass is 9.87. The molecule has 1 fully saturated rings. The standard InChI is InChI=1S/C29H44N7O19P3S/c1-29(2,24(42)27(43)32-8-7-19(39)31-9-11-59-20(40)12-17(38)6-4-3-5-10-37)14-52-58(49,50)55-57(47,48)51-13-18-23(54-56(44,45)46)22(41)28(53-18)36-16-35-21-25(30)33-15-34-26(21)36/h3-4,10,15-16,18,22-24,28,41-42H,5-9,11-14H2,1-2H3,(H,31,39)(H,32,43)(H,47,48)(H,49,50)(H2,30,33,34)(H2,44,45,46)/b4-3+/t18-,22-,23-,24+,28-/m1/s1. The third-order valence-corrected chi connectivity index (χ3v) is 11.8. The average molecular weight is 920 g/mol. The Morgan fingerprint density at radius 1 is 1.05 bits per heavy atom. The van der Waals surface area contributed by atoms with Crippen molar-refractivity contribution in [2.45, 2.75) is 70.2 Å². The Morgan fingerprint density at radius 3 is 2.42 bits per heavy atom. The number of carbonyl (C=O) groups is 5. The Morgan fingerprint density at radius 2 is 1.75 bits per heavy atom. The van der Waals surface area contributed by atoms with Crippen molar-refractivity contribution in [2.75, 3.05) is 37.8 Å². The second-order valence-electron chi connectivity index (χ2n) is 13.1. The summed E-state index contributed by atoms with van der Waals surface area (Å²) in [6.45, 7) is 0.190. The summed E-state index contributed by atoms with van der Waals surface area (Å²) in [7, 11) is -16.5. The summed E-state index contributed by atoms with van der Waals surface area (Å²) in [6.07, 6.45) is -3.57. The summed E-state index contributed by atoms with van der Waals surface area (Å²) in [5.74, 6) is -1.76. The number of nitrogens with zero attached hydrogens (tertiary/aromatic N) is 4. The normalized spacial score (nSPS) is 21.2. The van der Waals surface area contributed by atoms with E-state index in [0.29, 0.717) is 6.29 Å². The highest BCUT2D eigenvalue weighted by Gasteiger charge is 2.50. The number of rotatable bonds is 25. The number of aliphatic hydroxyl groups excluding tert-OH is 2. The van der Waals surface area contributed by atoms with E-state index in [0.717, 1.165) is 29.0 Å². The molecule has 26 nitrogen and oxygen atoms in total. The van der Waals surface area contributed by atoms with Crippen LogP contribution in [0.2, 0.25) is 0 Å². The molecule has 3 heterocycles. The second-order valence-corrected chi connectivity index (χ2v) is 18.5. The van der Waals surface area contributed by atoms with Crippen LogP contribution < -0.4 is 16.4 Å². The van der Waals surface area contributed by atoms with Gasteiger partial charge in [0.05, 0.1) is 26.0 Å². The maximum atomic E-state index is 12.7.